The number of amides is 2. The topological polar surface area (TPSA) is 141 Å². The number of pyridine rings is 2. The van der Waals surface area contributed by atoms with E-state index < -0.39 is 0 Å². The van der Waals surface area contributed by atoms with Crippen molar-refractivity contribution in [2.45, 2.75) is 57.4 Å². The van der Waals surface area contributed by atoms with Crippen molar-refractivity contribution in [2.75, 3.05) is 19.5 Å². The molecule has 4 heterocycles. The van der Waals surface area contributed by atoms with E-state index in [1.54, 1.807) is 56.6 Å². The molecule has 1 saturated carbocycles. The zero-order valence-corrected chi connectivity index (χ0v) is 25.3. The van der Waals surface area contributed by atoms with Crippen LogP contribution in [0.4, 0.5) is 5.13 Å². The Kier molecular flexibility index (Phi) is 9.80. The molecular weight excluding hydrogens is 574 g/mol. The second-order valence-electron chi connectivity index (χ2n) is 10.2. The van der Waals surface area contributed by atoms with Crippen molar-refractivity contribution < 1.29 is 19.1 Å². The molecule has 0 saturated heterocycles. The fourth-order valence-corrected chi connectivity index (χ4v) is 7.20. The molecule has 0 aromatic carbocycles. The van der Waals surface area contributed by atoms with Gasteiger partial charge in [0.25, 0.3) is 0 Å². The van der Waals surface area contributed by atoms with E-state index in [4.69, 9.17) is 14.5 Å². The lowest BCUT2D eigenvalue weighted by molar-refractivity contribution is -0.119. The number of aliphatic imine (C=N–C) groups is 1. The average Bonchev–Trinajstić information content (AvgIpc) is 3.45. The second-order valence-corrected chi connectivity index (χ2v) is 12.3. The summed E-state index contributed by atoms with van der Waals surface area (Å²) in [5.41, 5.74) is 1.64. The number of anilines is 1. The van der Waals surface area contributed by atoms with Crippen LogP contribution in [0.5, 0.6) is 11.8 Å². The number of carbonyl (C=O) groups is 2. The van der Waals surface area contributed by atoms with E-state index in [1.165, 1.54) is 11.3 Å². The van der Waals surface area contributed by atoms with E-state index in [0.717, 1.165) is 51.9 Å². The molecule has 3 atom stereocenters. The zero-order chi connectivity index (χ0) is 29.5. The molecule has 0 bridgehead atoms. The first-order chi connectivity index (χ1) is 20.4. The lowest BCUT2D eigenvalue weighted by Crippen LogP contribution is -2.29. The first-order valence-electron chi connectivity index (χ1n) is 13.8. The SMILES string of the molecule is COc1cc(CC(=O)NC2=CC(C)N=C(C3CCCC(c4nnc(NC(=O)Cc5ccnc(OC)c5)s4)C3)S2)ccn1. The summed E-state index contributed by atoms with van der Waals surface area (Å²) in [7, 11) is 3.10. The van der Waals surface area contributed by atoms with Gasteiger partial charge in [0.1, 0.15) is 5.01 Å². The van der Waals surface area contributed by atoms with Crippen molar-refractivity contribution in [3.8, 4) is 11.8 Å². The largest absolute Gasteiger partial charge is 0.481 e. The number of nitrogens with one attached hydrogen (secondary N) is 2. The number of thioether (sulfide) groups is 1. The maximum Gasteiger partial charge on any atom is 0.230 e. The van der Waals surface area contributed by atoms with Gasteiger partial charge in [0.05, 0.1) is 43.2 Å². The number of rotatable bonds is 10. The van der Waals surface area contributed by atoms with Crippen LogP contribution in [0.1, 0.15) is 54.7 Å². The Balaban J connectivity index is 1.15. The molecule has 3 aromatic heterocycles. The number of hydrogen-bond acceptors (Lipinski definition) is 11. The minimum absolute atomic E-state index is 0.0262. The van der Waals surface area contributed by atoms with Crippen LogP contribution in [0.25, 0.3) is 0 Å². The number of nitrogens with zero attached hydrogens (tertiary/aromatic N) is 5. The van der Waals surface area contributed by atoms with Gasteiger partial charge < -0.3 is 20.1 Å². The molecule has 2 N–H and O–H groups in total. The van der Waals surface area contributed by atoms with Crippen LogP contribution in [0.15, 0.2) is 52.8 Å². The maximum atomic E-state index is 12.8. The highest BCUT2D eigenvalue weighted by Gasteiger charge is 2.31. The van der Waals surface area contributed by atoms with Gasteiger partial charge >= 0.3 is 0 Å². The fraction of sp³-hybridized carbons (Fsp3) is 0.414. The molecule has 1 aliphatic carbocycles. The van der Waals surface area contributed by atoms with Crippen molar-refractivity contribution >= 4 is 45.1 Å². The Labute approximate surface area is 252 Å². The summed E-state index contributed by atoms with van der Waals surface area (Å²) in [6.07, 6.45) is 9.65. The van der Waals surface area contributed by atoms with Gasteiger partial charge in [-0.1, -0.05) is 29.5 Å². The molecule has 5 rings (SSSR count). The molecule has 3 unspecified atom stereocenters. The van der Waals surface area contributed by atoms with Crippen molar-refractivity contribution in [2.24, 2.45) is 10.9 Å². The third-order valence-corrected chi connectivity index (χ3v) is 9.11. The number of hydrogen-bond donors (Lipinski definition) is 2. The predicted molar refractivity (Wildman–Crippen MR) is 163 cm³/mol. The predicted octanol–water partition coefficient (Wildman–Crippen LogP) is 4.53. The Hall–Kier alpha value is -3.84. The number of aromatic nitrogens is 4. The van der Waals surface area contributed by atoms with Crippen LogP contribution in [-0.4, -0.2) is 57.3 Å². The Morgan fingerprint density at radius 2 is 1.57 bits per heavy atom. The number of ether oxygens (including phenoxy) is 2. The molecule has 42 heavy (non-hydrogen) atoms. The summed E-state index contributed by atoms with van der Waals surface area (Å²) in [6, 6.07) is 7.08. The molecular formula is C29H33N7O4S2. The smallest absolute Gasteiger partial charge is 0.230 e. The summed E-state index contributed by atoms with van der Waals surface area (Å²) < 4.78 is 10.3. The maximum absolute atomic E-state index is 12.8. The quantitative estimate of drug-likeness (QED) is 0.340. The average molecular weight is 608 g/mol. The number of carbonyl (C=O) groups excluding carboxylic acids is 2. The van der Waals surface area contributed by atoms with E-state index in [2.05, 4.69) is 30.8 Å². The third-order valence-electron chi connectivity index (χ3n) is 7.01. The molecule has 3 aromatic rings. The van der Waals surface area contributed by atoms with Gasteiger partial charge in [-0.15, -0.1) is 10.2 Å². The normalized spacial score (nSPS) is 20.2. The van der Waals surface area contributed by atoms with Crippen LogP contribution in [0.2, 0.25) is 0 Å². The van der Waals surface area contributed by atoms with E-state index >= 15 is 0 Å². The Morgan fingerprint density at radius 3 is 2.24 bits per heavy atom. The minimum Gasteiger partial charge on any atom is -0.481 e. The van der Waals surface area contributed by atoms with E-state index in [9.17, 15) is 9.59 Å². The van der Waals surface area contributed by atoms with Crippen molar-refractivity contribution in [1.29, 1.82) is 0 Å². The van der Waals surface area contributed by atoms with Gasteiger partial charge in [0, 0.05) is 36.4 Å². The van der Waals surface area contributed by atoms with Crippen LogP contribution < -0.4 is 20.1 Å². The van der Waals surface area contributed by atoms with Crippen molar-refractivity contribution in [3.05, 3.63) is 63.9 Å². The van der Waals surface area contributed by atoms with E-state index in [0.29, 0.717) is 16.9 Å². The van der Waals surface area contributed by atoms with Gasteiger partial charge in [0.2, 0.25) is 28.7 Å². The monoisotopic (exact) mass is 607 g/mol. The lowest BCUT2D eigenvalue weighted by Gasteiger charge is -2.30. The fourth-order valence-electron chi connectivity index (χ4n) is 5.03. The van der Waals surface area contributed by atoms with Crippen LogP contribution in [-0.2, 0) is 22.4 Å². The summed E-state index contributed by atoms with van der Waals surface area (Å²) in [6.45, 7) is 2.03. The molecule has 1 fully saturated rings. The zero-order valence-electron chi connectivity index (χ0n) is 23.7. The van der Waals surface area contributed by atoms with Crippen LogP contribution in [0.3, 0.4) is 0 Å². The highest BCUT2D eigenvalue weighted by molar-refractivity contribution is 8.17. The first-order valence-corrected chi connectivity index (χ1v) is 15.4. The third kappa shape index (κ3) is 7.91. The van der Waals surface area contributed by atoms with Gasteiger partial charge in [0.15, 0.2) is 0 Å². The van der Waals surface area contributed by atoms with Gasteiger partial charge in [-0.05, 0) is 55.5 Å². The van der Waals surface area contributed by atoms with Crippen molar-refractivity contribution in [3.63, 3.8) is 0 Å². The molecule has 0 radical (unpaired) electrons. The summed E-state index contributed by atoms with van der Waals surface area (Å²) in [5, 5.41) is 17.9. The van der Waals surface area contributed by atoms with Gasteiger partial charge in [-0.2, -0.15) is 0 Å². The molecule has 11 nitrogen and oxygen atoms in total. The second kappa shape index (κ2) is 13.9. The van der Waals surface area contributed by atoms with Crippen molar-refractivity contribution in [1.82, 2.24) is 25.5 Å². The molecule has 0 spiro atoms. The van der Waals surface area contributed by atoms with E-state index in [-0.39, 0.29) is 42.5 Å². The summed E-state index contributed by atoms with van der Waals surface area (Å²) in [4.78, 5) is 38.5. The highest BCUT2D eigenvalue weighted by atomic mass is 32.2. The Morgan fingerprint density at radius 1 is 0.929 bits per heavy atom. The minimum atomic E-state index is -0.168. The van der Waals surface area contributed by atoms with Gasteiger partial charge in [-0.25, -0.2) is 9.97 Å². The standard InChI is InChI=1S/C29H33N7O4S2/c1-17-11-26(33-22(37)12-18-7-9-30-24(14-18)39-2)41-27(32-17)20-5-4-6-21(16-20)28-35-36-29(42-28)34-23(38)13-19-8-10-31-25(15-19)40-3/h7-11,14-15,17,20-21H,4-6,12-13,16H2,1-3H3,(H,33,37)(H,34,36,38). The molecule has 2 aliphatic rings. The molecule has 13 heteroatoms. The molecule has 220 valence electrons. The molecule has 1 aliphatic heterocycles. The molecule has 2 amide bonds. The Bertz CT molecular complexity index is 1490. The van der Waals surface area contributed by atoms with Gasteiger partial charge in [-0.3, -0.25) is 14.6 Å². The summed E-state index contributed by atoms with van der Waals surface area (Å²) >= 11 is 2.97. The summed E-state index contributed by atoms with van der Waals surface area (Å²) in [5.74, 6) is 1.20. The number of methoxy groups -OCH3 is 2. The first kappa shape index (κ1) is 29.6. The highest BCUT2D eigenvalue weighted by Crippen LogP contribution is 2.42. The van der Waals surface area contributed by atoms with Crippen LogP contribution in [0, 0.1) is 5.92 Å². The van der Waals surface area contributed by atoms with Crippen LogP contribution >= 0.6 is 23.1 Å². The lowest BCUT2D eigenvalue weighted by atomic mass is 9.82. The van der Waals surface area contributed by atoms with E-state index in [1.807, 2.05) is 19.1 Å².